The van der Waals surface area contributed by atoms with Gasteiger partial charge in [0.15, 0.2) is 5.78 Å². The van der Waals surface area contributed by atoms with Crippen molar-refractivity contribution in [3.63, 3.8) is 0 Å². The van der Waals surface area contributed by atoms with E-state index in [0.29, 0.717) is 0 Å². The highest BCUT2D eigenvalue weighted by Gasteiger charge is 2.57. The van der Waals surface area contributed by atoms with Crippen LogP contribution in [0.25, 0.3) is 0 Å². The fourth-order valence-electron chi connectivity index (χ4n) is 3.10. The Hall–Kier alpha value is -2.16. The van der Waals surface area contributed by atoms with Crippen LogP contribution >= 0.6 is 0 Å². The Kier molecular flexibility index (Phi) is 3.51. The van der Waals surface area contributed by atoms with E-state index >= 15 is 0 Å². The number of anilines is 1. The highest BCUT2D eigenvalue weighted by molar-refractivity contribution is 6.06. The summed E-state index contributed by atoms with van der Waals surface area (Å²) in [6.45, 7) is 6.39. The molecule has 0 saturated carbocycles. The quantitative estimate of drug-likeness (QED) is 0.621. The number of carbonyl (C=O) groups excluding carboxylic acids is 1. The van der Waals surface area contributed by atoms with Crippen LogP contribution in [0.2, 0.25) is 0 Å². The standard InChI is InChI=1S/C19H20FNO/c1-19(2,3)18-16(17(22)13-7-5-4-6-8-13)21(18)15-11-9-14(20)10-12-15/h4-12,16,18H,1-3H3/t16-,18+,21?/m1/s1. The normalized spacial score (nSPS) is 20.8. The van der Waals surface area contributed by atoms with E-state index in [2.05, 4.69) is 25.7 Å². The molecule has 0 aromatic heterocycles. The Balaban J connectivity index is 1.92. The van der Waals surface area contributed by atoms with Gasteiger partial charge in [0.1, 0.15) is 11.9 Å². The molecule has 22 heavy (non-hydrogen) atoms. The monoisotopic (exact) mass is 297 g/mol. The molecule has 1 saturated heterocycles. The summed E-state index contributed by atoms with van der Waals surface area (Å²) in [7, 11) is 0. The summed E-state index contributed by atoms with van der Waals surface area (Å²) in [4.78, 5) is 14.9. The van der Waals surface area contributed by atoms with Crippen LogP contribution in [0, 0.1) is 11.2 Å². The molecule has 1 aliphatic heterocycles. The van der Waals surface area contributed by atoms with Crippen LogP contribution in [-0.2, 0) is 0 Å². The van der Waals surface area contributed by atoms with Gasteiger partial charge in [-0.2, -0.15) is 0 Å². The number of hydrogen-bond donors (Lipinski definition) is 0. The highest BCUT2D eigenvalue weighted by Crippen LogP contribution is 2.46. The Bertz CT molecular complexity index is 673. The average molecular weight is 297 g/mol. The second kappa shape index (κ2) is 5.24. The summed E-state index contributed by atoms with van der Waals surface area (Å²) in [5.74, 6) is -0.131. The zero-order valence-corrected chi connectivity index (χ0v) is 13.1. The van der Waals surface area contributed by atoms with Gasteiger partial charge in [0, 0.05) is 11.3 Å². The smallest absolute Gasteiger partial charge is 0.187 e. The lowest BCUT2D eigenvalue weighted by Crippen LogP contribution is -2.21. The van der Waals surface area contributed by atoms with Crippen LogP contribution in [-0.4, -0.2) is 17.9 Å². The van der Waals surface area contributed by atoms with Crippen molar-refractivity contribution in [1.29, 1.82) is 0 Å². The number of carbonyl (C=O) groups is 1. The molecule has 0 radical (unpaired) electrons. The summed E-state index contributed by atoms with van der Waals surface area (Å²) < 4.78 is 13.1. The maximum atomic E-state index is 13.1. The lowest BCUT2D eigenvalue weighted by atomic mass is 9.88. The van der Waals surface area contributed by atoms with Crippen molar-refractivity contribution in [2.75, 3.05) is 4.90 Å². The maximum Gasteiger partial charge on any atom is 0.187 e. The molecule has 1 heterocycles. The SMILES string of the molecule is CC(C)(C)[C@@H]1[C@@H](C(=O)c2ccccc2)N1c1ccc(F)cc1. The molecular weight excluding hydrogens is 277 g/mol. The predicted octanol–water partition coefficient (Wildman–Crippen LogP) is 4.31. The second-order valence-electron chi connectivity index (χ2n) is 6.87. The number of nitrogens with zero attached hydrogens (tertiary/aromatic N) is 1. The minimum Gasteiger partial charge on any atom is -0.353 e. The largest absolute Gasteiger partial charge is 0.353 e. The van der Waals surface area contributed by atoms with Crippen LogP contribution in [0.15, 0.2) is 54.6 Å². The van der Waals surface area contributed by atoms with Crippen molar-refractivity contribution in [2.45, 2.75) is 32.9 Å². The molecule has 1 fully saturated rings. The molecule has 0 spiro atoms. The van der Waals surface area contributed by atoms with Crippen molar-refractivity contribution in [1.82, 2.24) is 0 Å². The maximum absolute atomic E-state index is 13.1. The topological polar surface area (TPSA) is 20.1 Å². The Morgan fingerprint density at radius 1 is 1.00 bits per heavy atom. The van der Waals surface area contributed by atoms with Crippen LogP contribution in [0.5, 0.6) is 0 Å². The third kappa shape index (κ3) is 2.63. The van der Waals surface area contributed by atoms with E-state index in [0.717, 1.165) is 11.3 Å². The van der Waals surface area contributed by atoms with Crippen LogP contribution in [0.4, 0.5) is 10.1 Å². The number of rotatable bonds is 3. The van der Waals surface area contributed by atoms with E-state index in [-0.39, 0.29) is 29.1 Å². The second-order valence-corrected chi connectivity index (χ2v) is 6.87. The average Bonchev–Trinajstić information content (AvgIpc) is 3.24. The van der Waals surface area contributed by atoms with E-state index in [4.69, 9.17) is 0 Å². The van der Waals surface area contributed by atoms with E-state index in [1.54, 1.807) is 12.1 Å². The van der Waals surface area contributed by atoms with E-state index in [1.807, 2.05) is 30.3 Å². The van der Waals surface area contributed by atoms with Crippen molar-refractivity contribution in [3.05, 3.63) is 66.0 Å². The Labute approximate surface area is 130 Å². The minimum atomic E-state index is -0.260. The van der Waals surface area contributed by atoms with Gasteiger partial charge in [-0.15, -0.1) is 0 Å². The van der Waals surface area contributed by atoms with Gasteiger partial charge in [0.05, 0.1) is 6.04 Å². The fraction of sp³-hybridized carbons (Fsp3) is 0.316. The molecule has 3 rings (SSSR count). The summed E-state index contributed by atoms with van der Waals surface area (Å²) in [6, 6.07) is 15.7. The number of halogens is 1. The van der Waals surface area contributed by atoms with Gasteiger partial charge in [0.25, 0.3) is 0 Å². The van der Waals surface area contributed by atoms with Crippen LogP contribution < -0.4 is 4.90 Å². The molecule has 0 N–H and O–H groups in total. The van der Waals surface area contributed by atoms with E-state index < -0.39 is 0 Å². The predicted molar refractivity (Wildman–Crippen MR) is 86.7 cm³/mol. The third-order valence-corrected chi connectivity index (χ3v) is 4.15. The molecule has 1 aliphatic rings. The zero-order valence-electron chi connectivity index (χ0n) is 13.1. The number of ketones is 1. The summed E-state index contributed by atoms with van der Waals surface area (Å²) in [6.07, 6.45) is 0. The summed E-state index contributed by atoms with van der Waals surface area (Å²) >= 11 is 0. The summed E-state index contributed by atoms with van der Waals surface area (Å²) in [5.41, 5.74) is 1.60. The van der Waals surface area contributed by atoms with Crippen LogP contribution in [0.3, 0.4) is 0 Å². The lowest BCUT2D eigenvalue weighted by Gasteiger charge is -2.18. The van der Waals surface area contributed by atoms with Gasteiger partial charge < -0.3 is 4.90 Å². The van der Waals surface area contributed by atoms with E-state index in [1.165, 1.54) is 12.1 Å². The van der Waals surface area contributed by atoms with Gasteiger partial charge >= 0.3 is 0 Å². The van der Waals surface area contributed by atoms with Gasteiger partial charge in [-0.05, 0) is 29.7 Å². The van der Waals surface area contributed by atoms with Crippen molar-refractivity contribution < 1.29 is 9.18 Å². The molecule has 0 aliphatic carbocycles. The van der Waals surface area contributed by atoms with Crippen molar-refractivity contribution in [2.24, 2.45) is 5.41 Å². The number of hydrogen-bond acceptors (Lipinski definition) is 2. The summed E-state index contributed by atoms with van der Waals surface area (Å²) in [5, 5.41) is 0. The molecular formula is C19H20FNO. The van der Waals surface area contributed by atoms with Gasteiger partial charge in [-0.3, -0.25) is 4.79 Å². The number of benzene rings is 2. The number of Topliss-reactive ketones (excluding diaryl/α,β-unsaturated/α-hetero) is 1. The first-order valence-corrected chi connectivity index (χ1v) is 7.53. The molecule has 0 amide bonds. The van der Waals surface area contributed by atoms with Crippen molar-refractivity contribution in [3.8, 4) is 0 Å². The molecule has 2 atom stereocenters. The fourth-order valence-corrected chi connectivity index (χ4v) is 3.10. The Morgan fingerprint density at radius 3 is 2.14 bits per heavy atom. The highest BCUT2D eigenvalue weighted by atomic mass is 19.1. The molecule has 2 aromatic rings. The molecule has 2 aromatic carbocycles. The van der Waals surface area contributed by atoms with Crippen LogP contribution in [0.1, 0.15) is 31.1 Å². The van der Waals surface area contributed by atoms with Gasteiger partial charge in [-0.1, -0.05) is 51.1 Å². The molecule has 3 heteroatoms. The molecule has 2 nitrogen and oxygen atoms in total. The van der Waals surface area contributed by atoms with E-state index in [9.17, 15) is 9.18 Å². The third-order valence-electron chi connectivity index (χ3n) is 4.15. The first-order chi connectivity index (χ1) is 10.4. The minimum absolute atomic E-state index is 0.0243. The molecule has 0 unspecified atom stereocenters. The first kappa shape index (κ1) is 14.8. The first-order valence-electron chi connectivity index (χ1n) is 7.53. The zero-order chi connectivity index (χ0) is 15.9. The lowest BCUT2D eigenvalue weighted by molar-refractivity contribution is 0.0985. The van der Waals surface area contributed by atoms with Crippen molar-refractivity contribution >= 4 is 11.5 Å². The van der Waals surface area contributed by atoms with Gasteiger partial charge in [0.2, 0.25) is 0 Å². The Morgan fingerprint density at radius 2 is 1.59 bits per heavy atom. The van der Waals surface area contributed by atoms with Gasteiger partial charge in [-0.25, -0.2) is 4.39 Å². The molecule has 0 bridgehead atoms. The molecule has 114 valence electrons.